The van der Waals surface area contributed by atoms with Gasteiger partial charge in [-0.1, -0.05) is 18.2 Å². The van der Waals surface area contributed by atoms with E-state index in [4.69, 9.17) is 4.74 Å². The van der Waals surface area contributed by atoms with Crippen LogP contribution in [0.5, 0.6) is 0 Å². The molecule has 1 aliphatic rings. The molecule has 0 saturated carbocycles. The molecule has 5 rings (SSSR count). The number of hydrogen-bond donors (Lipinski definition) is 3. The molecule has 3 heterocycles. The number of benzene rings is 2. The number of nitrogens with one attached hydrogen (secondary N) is 3. The first kappa shape index (κ1) is 15.1. The lowest BCUT2D eigenvalue weighted by Gasteiger charge is -2.04. The molecule has 3 N–H and O–H groups in total. The van der Waals surface area contributed by atoms with E-state index >= 15 is 0 Å². The number of aromatic amines is 2. The number of hydrogen-bond acceptors (Lipinski definition) is 4. The average molecular weight is 347 g/mol. The van der Waals surface area contributed by atoms with Gasteiger partial charge in [0.2, 0.25) is 0 Å². The average Bonchev–Trinajstić information content (AvgIpc) is 3.39. The van der Waals surface area contributed by atoms with Gasteiger partial charge in [-0.3, -0.25) is 9.89 Å². The monoisotopic (exact) mass is 347 g/mol. The zero-order valence-electron chi connectivity index (χ0n) is 14.0. The van der Waals surface area contributed by atoms with E-state index in [0.717, 1.165) is 47.2 Å². The molecular weight excluding hydrogens is 330 g/mol. The van der Waals surface area contributed by atoms with Crippen LogP contribution in [0.1, 0.15) is 35.3 Å². The Bertz CT molecular complexity index is 1110. The second-order valence-electron chi connectivity index (χ2n) is 6.43. The third-order valence-electron chi connectivity index (χ3n) is 4.68. The van der Waals surface area contributed by atoms with Crippen LogP contribution < -0.4 is 5.32 Å². The summed E-state index contributed by atoms with van der Waals surface area (Å²) in [5.41, 5.74) is 3.64. The van der Waals surface area contributed by atoms with Crippen LogP contribution in [0, 0.1) is 0 Å². The molecule has 7 nitrogen and oxygen atoms in total. The lowest BCUT2D eigenvalue weighted by Crippen LogP contribution is -2.12. The highest BCUT2D eigenvalue weighted by Crippen LogP contribution is 2.29. The lowest BCUT2D eigenvalue weighted by atomic mass is 10.2. The third kappa shape index (κ3) is 2.53. The number of ether oxygens (including phenoxy) is 1. The molecule has 0 radical (unpaired) electrons. The first-order valence-electron chi connectivity index (χ1n) is 8.64. The summed E-state index contributed by atoms with van der Waals surface area (Å²) in [6, 6.07) is 13.2. The minimum absolute atomic E-state index is 0.0378. The molecule has 1 atom stereocenters. The van der Waals surface area contributed by atoms with Gasteiger partial charge in [-0.15, -0.1) is 0 Å². The highest BCUT2D eigenvalue weighted by molar-refractivity contribution is 6.11. The number of amides is 1. The Morgan fingerprint density at radius 1 is 1.19 bits per heavy atom. The SMILES string of the molecule is O=C(Nc1ccc2nc([C@H]3CCCO3)[nH]c2c1)c1n[nH]c2ccccc12. The van der Waals surface area contributed by atoms with Crippen molar-refractivity contribution in [2.45, 2.75) is 18.9 Å². The summed E-state index contributed by atoms with van der Waals surface area (Å²) >= 11 is 0. The van der Waals surface area contributed by atoms with Crippen LogP contribution in [0.4, 0.5) is 5.69 Å². The highest BCUT2D eigenvalue weighted by atomic mass is 16.5. The second-order valence-corrected chi connectivity index (χ2v) is 6.43. The van der Waals surface area contributed by atoms with E-state index in [9.17, 15) is 4.79 Å². The summed E-state index contributed by atoms with van der Waals surface area (Å²) < 4.78 is 5.68. The van der Waals surface area contributed by atoms with Crippen LogP contribution in [0.2, 0.25) is 0 Å². The number of aromatic nitrogens is 4. The summed E-state index contributed by atoms with van der Waals surface area (Å²) in [6.07, 6.45) is 2.08. The maximum absolute atomic E-state index is 12.6. The number of carbonyl (C=O) groups is 1. The molecule has 0 unspecified atom stereocenters. The molecule has 1 aliphatic heterocycles. The van der Waals surface area contributed by atoms with Crippen LogP contribution in [0.25, 0.3) is 21.9 Å². The molecule has 26 heavy (non-hydrogen) atoms. The van der Waals surface area contributed by atoms with E-state index in [-0.39, 0.29) is 12.0 Å². The van der Waals surface area contributed by atoms with E-state index in [1.54, 1.807) is 0 Å². The smallest absolute Gasteiger partial charge is 0.276 e. The van der Waals surface area contributed by atoms with E-state index in [1.807, 2.05) is 42.5 Å². The molecule has 0 aliphatic carbocycles. The fourth-order valence-electron chi connectivity index (χ4n) is 3.38. The number of carbonyl (C=O) groups excluding carboxylic acids is 1. The minimum Gasteiger partial charge on any atom is -0.370 e. The van der Waals surface area contributed by atoms with Crippen LogP contribution in [-0.4, -0.2) is 32.7 Å². The molecule has 7 heteroatoms. The van der Waals surface area contributed by atoms with Crippen molar-refractivity contribution >= 4 is 33.5 Å². The Morgan fingerprint density at radius 2 is 2.12 bits per heavy atom. The quantitative estimate of drug-likeness (QED) is 0.528. The maximum Gasteiger partial charge on any atom is 0.276 e. The van der Waals surface area contributed by atoms with Crippen molar-refractivity contribution in [2.24, 2.45) is 0 Å². The van der Waals surface area contributed by atoms with Gasteiger partial charge in [-0.25, -0.2) is 4.98 Å². The summed E-state index contributed by atoms with van der Waals surface area (Å²) in [7, 11) is 0. The molecular formula is C19H17N5O2. The van der Waals surface area contributed by atoms with Crippen molar-refractivity contribution in [3.63, 3.8) is 0 Å². The molecule has 2 aromatic carbocycles. The van der Waals surface area contributed by atoms with Crippen LogP contribution in [0.3, 0.4) is 0 Å². The van der Waals surface area contributed by atoms with Crippen LogP contribution in [0.15, 0.2) is 42.5 Å². The van der Waals surface area contributed by atoms with Crippen molar-refractivity contribution in [1.82, 2.24) is 20.2 Å². The number of anilines is 1. The van der Waals surface area contributed by atoms with Gasteiger partial charge in [-0.2, -0.15) is 5.10 Å². The Hall–Kier alpha value is -3.19. The number of fused-ring (bicyclic) bond motifs is 2. The first-order chi connectivity index (χ1) is 12.8. The lowest BCUT2D eigenvalue weighted by molar-refractivity contribution is 0.102. The molecule has 4 aromatic rings. The summed E-state index contributed by atoms with van der Waals surface area (Å²) in [6.45, 7) is 0.778. The predicted molar refractivity (Wildman–Crippen MR) is 98.1 cm³/mol. The van der Waals surface area contributed by atoms with Gasteiger partial charge in [0.05, 0.1) is 16.6 Å². The number of imidazole rings is 1. The number of nitrogens with zero attached hydrogens (tertiary/aromatic N) is 2. The molecule has 1 fully saturated rings. The molecule has 0 bridgehead atoms. The number of H-pyrrole nitrogens is 2. The Labute approximate surface area is 148 Å². The minimum atomic E-state index is -0.249. The first-order valence-corrected chi connectivity index (χ1v) is 8.64. The number of para-hydroxylation sites is 1. The Morgan fingerprint density at radius 3 is 3.00 bits per heavy atom. The van der Waals surface area contributed by atoms with Gasteiger partial charge in [0, 0.05) is 17.7 Å². The van der Waals surface area contributed by atoms with E-state index in [0.29, 0.717) is 11.4 Å². The Kier molecular flexibility index (Phi) is 3.46. The standard InChI is InChI=1S/C19H17N5O2/c25-19(17-12-4-1-2-5-13(12)23-24-17)20-11-7-8-14-15(10-11)22-18(21-14)16-6-3-9-26-16/h1-2,4-5,7-8,10,16H,3,6,9H2,(H,20,25)(H,21,22)(H,23,24)/t16-/m1/s1. The summed E-state index contributed by atoms with van der Waals surface area (Å²) in [5.74, 6) is 0.597. The van der Waals surface area contributed by atoms with Crippen molar-refractivity contribution < 1.29 is 9.53 Å². The fourth-order valence-corrected chi connectivity index (χ4v) is 3.38. The van der Waals surface area contributed by atoms with Crippen LogP contribution in [-0.2, 0) is 4.74 Å². The van der Waals surface area contributed by atoms with Gasteiger partial charge in [0.15, 0.2) is 5.69 Å². The predicted octanol–water partition coefficient (Wildman–Crippen LogP) is 3.54. The number of rotatable bonds is 3. The van der Waals surface area contributed by atoms with Crippen molar-refractivity contribution in [3.8, 4) is 0 Å². The zero-order chi connectivity index (χ0) is 17.5. The van der Waals surface area contributed by atoms with Gasteiger partial charge < -0.3 is 15.0 Å². The summed E-state index contributed by atoms with van der Waals surface area (Å²) in [5, 5.41) is 10.7. The molecule has 2 aromatic heterocycles. The highest BCUT2D eigenvalue weighted by Gasteiger charge is 2.21. The fraction of sp³-hybridized carbons (Fsp3) is 0.211. The van der Waals surface area contributed by atoms with Crippen LogP contribution >= 0.6 is 0 Å². The van der Waals surface area contributed by atoms with Crippen molar-refractivity contribution in [2.75, 3.05) is 11.9 Å². The Balaban J connectivity index is 1.42. The third-order valence-corrected chi connectivity index (χ3v) is 4.68. The maximum atomic E-state index is 12.6. The molecule has 1 saturated heterocycles. The van der Waals surface area contributed by atoms with E-state index in [2.05, 4.69) is 25.5 Å². The normalized spacial score (nSPS) is 17.2. The molecule has 130 valence electrons. The zero-order valence-corrected chi connectivity index (χ0v) is 14.0. The topological polar surface area (TPSA) is 95.7 Å². The summed E-state index contributed by atoms with van der Waals surface area (Å²) in [4.78, 5) is 20.5. The van der Waals surface area contributed by atoms with Gasteiger partial charge in [0.1, 0.15) is 11.9 Å². The van der Waals surface area contributed by atoms with Crippen molar-refractivity contribution in [1.29, 1.82) is 0 Å². The molecule has 1 amide bonds. The largest absolute Gasteiger partial charge is 0.370 e. The van der Waals surface area contributed by atoms with Gasteiger partial charge in [0.25, 0.3) is 5.91 Å². The van der Waals surface area contributed by atoms with E-state index in [1.165, 1.54) is 0 Å². The molecule has 0 spiro atoms. The van der Waals surface area contributed by atoms with E-state index < -0.39 is 0 Å². The van der Waals surface area contributed by atoms with Gasteiger partial charge in [-0.05, 0) is 37.1 Å². The van der Waals surface area contributed by atoms with Gasteiger partial charge >= 0.3 is 0 Å². The van der Waals surface area contributed by atoms with Crippen molar-refractivity contribution in [3.05, 3.63) is 54.0 Å². The second kappa shape index (κ2) is 5.96.